The lowest BCUT2D eigenvalue weighted by Crippen LogP contribution is -2.19. The third kappa shape index (κ3) is 0.770. The van der Waals surface area contributed by atoms with Crippen LogP contribution in [-0.4, -0.2) is 7.11 Å². The lowest BCUT2D eigenvalue weighted by Gasteiger charge is -2.24. The van der Waals surface area contributed by atoms with Crippen LogP contribution in [0.25, 0.3) is 0 Å². The summed E-state index contributed by atoms with van der Waals surface area (Å²) in [5.41, 5.74) is 0.478. The lowest BCUT2D eigenvalue weighted by molar-refractivity contribution is 0.190. The zero-order valence-electron chi connectivity index (χ0n) is 7.55. The molecule has 2 atom stereocenters. The maximum Gasteiger partial charge on any atom is 0.0955 e. The van der Waals surface area contributed by atoms with E-state index in [1.807, 2.05) is 0 Å². The van der Waals surface area contributed by atoms with Gasteiger partial charge in [-0.05, 0) is 30.3 Å². The first-order chi connectivity index (χ1) is 5.16. The van der Waals surface area contributed by atoms with Crippen LogP contribution in [0, 0.1) is 17.3 Å². The molecule has 1 heteroatoms. The zero-order valence-corrected chi connectivity index (χ0v) is 7.55. The van der Waals surface area contributed by atoms with Crippen LogP contribution in [0.15, 0.2) is 11.8 Å². The maximum atomic E-state index is 5.34. The summed E-state index contributed by atoms with van der Waals surface area (Å²) < 4.78 is 5.34. The summed E-state index contributed by atoms with van der Waals surface area (Å²) in [5.74, 6) is 2.73. The normalized spacial score (nSPS) is 39.0. The van der Waals surface area contributed by atoms with Gasteiger partial charge in [0.2, 0.25) is 0 Å². The van der Waals surface area contributed by atoms with Crippen LogP contribution in [0.2, 0.25) is 0 Å². The van der Waals surface area contributed by atoms with Gasteiger partial charge in [-0.1, -0.05) is 13.8 Å². The summed E-state index contributed by atoms with van der Waals surface area (Å²) in [6, 6.07) is 0. The fourth-order valence-corrected chi connectivity index (χ4v) is 2.68. The SMILES string of the molecule is COC1=CC2CCC1C2(C)C. The molecule has 0 heterocycles. The Kier molecular flexibility index (Phi) is 1.33. The summed E-state index contributed by atoms with van der Waals surface area (Å²) in [5, 5.41) is 0. The van der Waals surface area contributed by atoms with Gasteiger partial charge in [0.05, 0.1) is 12.9 Å². The maximum absolute atomic E-state index is 5.34. The topological polar surface area (TPSA) is 9.23 Å². The molecule has 0 aromatic rings. The van der Waals surface area contributed by atoms with E-state index in [4.69, 9.17) is 4.74 Å². The highest BCUT2D eigenvalue weighted by Gasteiger charge is 2.49. The van der Waals surface area contributed by atoms with Crippen LogP contribution in [0.4, 0.5) is 0 Å². The van der Waals surface area contributed by atoms with Crippen molar-refractivity contribution in [1.29, 1.82) is 0 Å². The van der Waals surface area contributed by atoms with E-state index in [1.54, 1.807) is 7.11 Å². The largest absolute Gasteiger partial charge is 0.501 e. The van der Waals surface area contributed by atoms with E-state index in [0.29, 0.717) is 11.3 Å². The molecule has 2 aliphatic rings. The Morgan fingerprint density at radius 3 is 2.45 bits per heavy atom. The molecule has 0 aromatic heterocycles. The highest BCUT2D eigenvalue weighted by molar-refractivity contribution is 5.21. The number of methoxy groups -OCH3 is 1. The average molecular weight is 152 g/mol. The monoisotopic (exact) mass is 152 g/mol. The number of rotatable bonds is 1. The molecule has 1 nitrogen and oxygen atoms in total. The van der Waals surface area contributed by atoms with Crippen molar-refractivity contribution in [2.24, 2.45) is 17.3 Å². The molecule has 1 fully saturated rings. The summed E-state index contributed by atoms with van der Waals surface area (Å²) in [6.07, 6.45) is 5.02. The Bertz CT molecular complexity index is 203. The highest BCUT2D eigenvalue weighted by Crippen LogP contribution is 2.56. The van der Waals surface area contributed by atoms with Crippen molar-refractivity contribution in [1.82, 2.24) is 0 Å². The quantitative estimate of drug-likeness (QED) is 0.561. The number of fused-ring (bicyclic) bond motifs is 2. The van der Waals surface area contributed by atoms with Gasteiger partial charge >= 0.3 is 0 Å². The molecule has 2 aliphatic carbocycles. The molecule has 2 bridgehead atoms. The van der Waals surface area contributed by atoms with E-state index >= 15 is 0 Å². The standard InChI is InChI=1S/C10H16O/c1-10(2)7-4-5-8(10)9(6-7)11-3/h6-8H,4-5H2,1-3H3. The van der Waals surface area contributed by atoms with Gasteiger partial charge in [0, 0.05) is 5.92 Å². The molecule has 2 unspecified atom stereocenters. The van der Waals surface area contributed by atoms with Crippen molar-refractivity contribution < 1.29 is 4.74 Å². The first-order valence-electron chi connectivity index (χ1n) is 4.42. The van der Waals surface area contributed by atoms with Crippen molar-refractivity contribution >= 4 is 0 Å². The minimum atomic E-state index is 0.478. The Balaban J connectivity index is 2.29. The summed E-state index contributed by atoms with van der Waals surface area (Å²) in [7, 11) is 1.79. The third-order valence-corrected chi connectivity index (χ3v) is 3.56. The van der Waals surface area contributed by atoms with Gasteiger partial charge in [-0.3, -0.25) is 0 Å². The van der Waals surface area contributed by atoms with E-state index in [1.165, 1.54) is 18.6 Å². The second-order valence-corrected chi connectivity index (χ2v) is 4.33. The Morgan fingerprint density at radius 1 is 1.45 bits per heavy atom. The van der Waals surface area contributed by atoms with Crippen LogP contribution in [-0.2, 0) is 4.74 Å². The summed E-state index contributed by atoms with van der Waals surface area (Å²) in [4.78, 5) is 0. The van der Waals surface area contributed by atoms with Crippen LogP contribution >= 0.6 is 0 Å². The molecule has 11 heavy (non-hydrogen) atoms. The van der Waals surface area contributed by atoms with E-state index in [9.17, 15) is 0 Å². The molecule has 0 amide bonds. The van der Waals surface area contributed by atoms with Crippen molar-refractivity contribution in [2.75, 3.05) is 7.11 Å². The first-order valence-corrected chi connectivity index (χ1v) is 4.42. The van der Waals surface area contributed by atoms with Crippen LogP contribution in [0.3, 0.4) is 0 Å². The van der Waals surface area contributed by atoms with Crippen molar-refractivity contribution in [3.8, 4) is 0 Å². The summed E-state index contributed by atoms with van der Waals surface area (Å²) in [6.45, 7) is 4.72. The molecule has 2 rings (SSSR count). The molecule has 0 N–H and O–H groups in total. The zero-order chi connectivity index (χ0) is 8.06. The molecule has 0 spiro atoms. The van der Waals surface area contributed by atoms with Gasteiger partial charge in [-0.15, -0.1) is 0 Å². The lowest BCUT2D eigenvalue weighted by atomic mass is 9.81. The van der Waals surface area contributed by atoms with Gasteiger partial charge in [-0.2, -0.15) is 0 Å². The second-order valence-electron chi connectivity index (χ2n) is 4.33. The van der Waals surface area contributed by atoms with E-state index in [0.717, 1.165) is 5.92 Å². The molecular weight excluding hydrogens is 136 g/mol. The van der Waals surface area contributed by atoms with Gasteiger partial charge < -0.3 is 4.74 Å². The highest BCUT2D eigenvalue weighted by atomic mass is 16.5. The van der Waals surface area contributed by atoms with E-state index < -0.39 is 0 Å². The third-order valence-electron chi connectivity index (χ3n) is 3.56. The van der Waals surface area contributed by atoms with Crippen LogP contribution < -0.4 is 0 Å². The van der Waals surface area contributed by atoms with Gasteiger partial charge in [-0.25, -0.2) is 0 Å². The minimum absolute atomic E-state index is 0.478. The second kappa shape index (κ2) is 2.02. The van der Waals surface area contributed by atoms with Crippen molar-refractivity contribution in [3.63, 3.8) is 0 Å². The molecular formula is C10H16O. The first kappa shape index (κ1) is 7.20. The van der Waals surface area contributed by atoms with E-state index in [-0.39, 0.29) is 0 Å². The average Bonchev–Trinajstić information content (AvgIpc) is 2.40. The molecule has 62 valence electrons. The number of hydrogen-bond acceptors (Lipinski definition) is 1. The Morgan fingerprint density at radius 2 is 2.18 bits per heavy atom. The molecule has 0 saturated heterocycles. The molecule has 0 aliphatic heterocycles. The number of allylic oxidation sites excluding steroid dienone is 2. The van der Waals surface area contributed by atoms with Crippen molar-refractivity contribution in [3.05, 3.63) is 11.8 Å². The van der Waals surface area contributed by atoms with Crippen molar-refractivity contribution in [2.45, 2.75) is 26.7 Å². The van der Waals surface area contributed by atoms with Gasteiger partial charge in [0.25, 0.3) is 0 Å². The smallest absolute Gasteiger partial charge is 0.0955 e. The molecule has 0 aromatic carbocycles. The minimum Gasteiger partial charge on any atom is -0.501 e. The number of ether oxygens (including phenoxy) is 1. The van der Waals surface area contributed by atoms with Gasteiger partial charge in [0.1, 0.15) is 0 Å². The van der Waals surface area contributed by atoms with Gasteiger partial charge in [0.15, 0.2) is 0 Å². The molecule has 0 radical (unpaired) electrons. The van der Waals surface area contributed by atoms with Crippen LogP contribution in [0.5, 0.6) is 0 Å². The fourth-order valence-electron chi connectivity index (χ4n) is 2.68. The Labute approximate surface area is 68.4 Å². The molecule has 1 saturated carbocycles. The summed E-state index contributed by atoms with van der Waals surface area (Å²) >= 11 is 0. The van der Waals surface area contributed by atoms with Crippen LogP contribution in [0.1, 0.15) is 26.7 Å². The number of hydrogen-bond donors (Lipinski definition) is 0. The predicted octanol–water partition coefficient (Wildman–Crippen LogP) is 2.58. The fraction of sp³-hybridized carbons (Fsp3) is 0.800. The predicted molar refractivity (Wildman–Crippen MR) is 45.1 cm³/mol. The Hall–Kier alpha value is -0.460. The van der Waals surface area contributed by atoms with E-state index in [2.05, 4.69) is 19.9 Å².